The zero-order chi connectivity index (χ0) is 12.4. The summed E-state index contributed by atoms with van der Waals surface area (Å²) < 4.78 is 5.26. The van der Waals surface area contributed by atoms with Crippen molar-refractivity contribution in [2.75, 3.05) is 7.11 Å². The van der Waals surface area contributed by atoms with Crippen molar-refractivity contribution >= 4 is 0 Å². The Kier molecular flexibility index (Phi) is 8.96. The van der Waals surface area contributed by atoms with Crippen molar-refractivity contribution in [3.8, 4) is 0 Å². The third kappa shape index (κ3) is 7.24. The van der Waals surface area contributed by atoms with Gasteiger partial charge in [-0.2, -0.15) is 0 Å². The molecule has 2 nitrogen and oxygen atoms in total. The molecule has 16 heavy (non-hydrogen) atoms. The Morgan fingerprint density at radius 1 is 1.00 bits per heavy atom. The minimum Gasteiger partial charge on any atom is -0.390 e. The SMILES string of the molecule is CCCCCCCCCC(O)C(C)(C)OC. The highest BCUT2D eigenvalue weighted by Crippen LogP contribution is 2.19. The highest BCUT2D eigenvalue weighted by molar-refractivity contribution is 4.78. The lowest BCUT2D eigenvalue weighted by atomic mass is 9.96. The van der Waals surface area contributed by atoms with Crippen LogP contribution in [0.4, 0.5) is 0 Å². The molecular weight excluding hydrogens is 200 g/mol. The third-order valence-corrected chi connectivity index (χ3v) is 3.41. The van der Waals surface area contributed by atoms with Crippen molar-refractivity contribution in [2.24, 2.45) is 0 Å². The highest BCUT2D eigenvalue weighted by Gasteiger charge is 2.26. The lowest BCUT2D eigenvalue weighted by molar-refractivity contribution is -0.0807. The molecule has 0 heterocycles. The first-order valence-corrected chi connectivity index (χ1v) is 6.77. The van der Waals surface area contributed by atoms with E-state index in [2.05, 4.69) is 6.92 Å². The Balaban J connectivity index is 3.38. The van der Waals surface area contributed by atoms with E-state index < -0.39 is 5.60 Å². The van der Waals surface area contributed by atoms with Gasteiger partial charge in [-0.15, -0.1) is 0 Å². The van der Waals surface area contributed by atoms with Gasteiger partial charge in [0.05, 0.1) is 11.7 Å². The van der Waals surface area contributed by atoms with E-state index in [-0.39, 0.29) is 6.10 Å². The van der Waals surface area contributed by atoms with E-state index in [9.17, 15) is 5.11 Å². The number of aliphatic hydroxyl groups is 1. The minimum absolute atomic E-state index is 0.340. The molecule has 98 valence electrons. The summed E-state index contributed by atoms with van der Waals surface area (Å²) in [6.07, 6.45) is 9.54. The number of methoxy groups -OCH3 is 1. The third-order valence-electron chi connectivity index (χ3n) is 3.41. The van der Waals surface area contributed by atoms with Crippen LogP contribution >= 0.6 is 0 Å². The van der Waals surface area contributed by atoms with Crippen LogP contribution < -0.4 is 0 Å². The van der Waals surface area contributed by atoms with Crippen molar-refractivity contribution in [3.63, 3.8) is 0 Å². The Labute approximate surface area is 101 Å². The molecule has 0 aromatic heterocycles. The molecule has 0 aliphatic heterocycles. The Morgan fingerprint density at radius 2 is 1.50 bits per heavy atom. The van der Waals surface area contributed by atoms with Gasteiger partial charge in [-0.05, 0) is 20.3 Å². The highest BCUT2D eigenvalue weighted by atomic mass is 16.5. The summed E-state index contributed by atoms with van der Waals surface area (Å²) in [7, 11) is 1.66. The Bertz CT molecular complexity index is 155. The Morgan fingerprint density at radius 3 is 2.00 bits per heavy atom. The van der Waals surface area contributed by atoms with Gasteiger partial charge in [0, 0.05) is 7.11 Å². The molecule has 0 fully saturated rings. The lowest BCUT2D eigenvalue weighted by Crippen LogP contribution is -2.37. The van der Waals surface area contributed by atoms with E-state index >= 15 is 0 Å². The van der Waals surface area contributed by atoms with Gasteiger partial charge in [-0.1, -0.05) is 51.9 Å². The molecule has 0 aliphatic carbocycles. The molecule has 1 unspecified atom stereocenters. The molecule has 0 amide bonds. The van der Waals surface area contributed by atoms with E-state index in [0.29, 0.717) is 0 Å². The second-order valence-electron chi connectivity index (χ2n) is 5.23. The van der Waals surface area contributed by atoms with Gasteiger partial charge in [-0.3, -0.25) is 0 Å². The topological polar surface area (TPSA) is 29.5 Å². The number of hydrogen-bond acceptors (Lipinski definition) is 2. The fourth-order valence-electron chi connectivity index (χ4n) is 1.78. The molecule has 0 aliphatic rings. The molecule has 0 bridgehead atoms. The van der Waals surface area contributed by atoms with E-state index in [1.807, 2.05) is 13.8 Å². The van der Waals surface area contributed by atoms with Crippen LogP contribution in [-0.4, -0.2) is 23.9 Å². The molecule has 0 saturated heterocycles. The van der Waals surface area contributed by atoms with Crippen LogP contribution in [0.1, 0.15) is 72.1 Å². The van der Waals surface area contributed by atoms with Crippen LogP contribution in [0, 0.1) is 0 Å². The van der Waals surface area contributed by atoms with Gasteiger partial charge in [-0.25, -0.2) is 0 Å². The van der Waals surface area contributed by atoms with Gasteiger partial charge in [0.25, 0.3) is 0 Å². The smallest absolute Gasteiger partial charge is 0.0880 e. The summed E-state index contributed by atoms with van der Waals surface area (Å²) in [4.78, 5) is 0. The van der Waals surface area contributed by atoms with Crippen molar-refractivity contribution in [2.45, 2.75) is 83.8 Å². The number of hydrogen-bond donors (Lipinski definition) is 1. The lowest BCUT2D eigenvalue weighted by Gasteiger charge is -2.29. The van der Waals surface area contributed by atoms with Gasteiger partial charge < -0.3 is 9.84 Å². The number of unbranched alkanes of at least 4 members (excludes halogenated alkanes) is 6. The van der Waals surface area contributed by atoms with Crippen LogP contribution in [-0.2, 0) is 4.74 Å². The number of ether oxygens (including phenoxy) is 1. The van der Waals surface area contributed by atoms with Gasteiger partial charge >= 0.3 is 0 Å². The Hall–Kier alpha value is -0.0800. The predicted octanol–water partition coefficient (Wildman–Crippen LogP) is 3.91. The maximum absolute atomic E-state index is 9.89. The second-order valence-corrected chi connectivity index (χ2v) is 5.23. The average molecular weight is 230 g/mol. The molecular formula is C14H30O2. The van der Waals surface area contributed by atoms with Crippen LogP contribution in [0.2, 0.25) is 0 Å². The monoisotopic (exact) mass is 230 g/mol. The van der Waals surface area contributed by atoms with Gasteiger partial charge in [0.15, 0.2) is 0 Å². The molecule has 0 saturated carbocycles. The summed E-state index contributed by atoms with van der Waals surface area (Å²) in [6.45, 7) is 6.13. The van der Waals surface area contributed by atoms with Gasteiger partial charge in [0.1, 0.15) is 0 Å². The first kappa shape index (κ1) is 15.9. The van der Waals surface area contributed by atoms with Crippen molar-refractivity contribution in [1.29, 1.82) is 0 Å². The summed E-state index contributed by atoms with van der Waals surface area (Å²) in [5.41, 5.74) is -0.401. The second kappa shape index (κ2) is 9.00. The molecule has 0 rings (SSSR count). The summed E-state index contributed by atoms with van der Waals surface area (Å²) >= 11 is 0. The standard InChI is InChI=1S/C14H30O2/c1-5-6-7-8-9-10-11-12-13(15)14(2,3)16-4/h13,15H,5-12H2,1-4H3. The normalized spacial score (nSPS) is 14.1. The first-order valence-electron chi connectivity index (χ1n) is 6.77. The molecule has 1 N–H and O–H groups in total. The zero-order valence-corrected chi connectivity index (χ0v) is 11.6. The van der Waals surface area contributed by atoms with Crippen molar-refractivity contribution < 1.29 is 9.84 Å². The molecule has 0 radical (unpaired) electrons. The maximum atomic E-state index is 9.89. The first-order chi connectivity index (χ1) is 7.54. The van der Waals surface area contributed by atoms with E-state index in [4.69, 9.17) is 4.74 Å². The molecule has 0 aromatic carbocycles. The van der Waals surface area contributed by atoms with Crippen LogP contribution in [0.3, 0.4) is 0 Å². The summed E-state index contributed by atoms with van der Waals surface area (Å²) in [6, 6.07) is 0. The fourth-order valence-corrected chi connectivity index (χ4v) is 1.78. The van der Waals surface area contributed by atoms with Crippen molar-refractivity contribution in [1.82, 2.24) is 0 Å². The van der Waals surface area contributed by atoms with Crippen LogP contribution in [0.5, 0.6) is 0 Å². The predicted molar refractivity (Wildman–Crippen MR) is 69.7 cm³/mol. The number of aliphatic hydroxyl groups excluding tert-OH is 1. The zero-order valence-electron chi connectivity index (χ0n) is 11.6. The van der Waals surface area contributed by atoms with Crippen LogP contribution in [0.25, 0.3) is 0 Å². The quantitative estimate of drug-likeness (QED) is 0.576. The van der Waals surface area contributed by atoms with Crippen molar-refractivity contribution in [3.05, 3.63) is 0 Å². The maximum Gasteiger partial charge on any atom is 0.0880 e. The number of rotatable bonds is 10. The average Bonchev–Trinajstić information content (AvgIpc) is 2.27. The summed E-state index contributed by atoms with van der Waals surface area (Å²) in [5, 5.41) is 9.89. The summed E-state index contributed by atoms with van der Waals surface area (Å²) in [5.74, 6) is 0. The molecule has 1 atom stereocenters. The van der Waals surface area contributed by atoms with E-state index in [0.717, 1.165) is 12.8 Å². The van der Waals surface area contributed by atoms with Crippen LogP contribution in [0.15, 0.2) is 0 Å². The van der Waals surface area contributed by atoms with Gasteiger partial charge in [0.2, 0.25) is 0 Å². The molecule has 0 spiro atoms. The molecule has 2 heteroatoms. The van der Waals surface area contributed by atoms with E-state index in [1.165, 1.54) is 38.5 Å². The minimum atomic E-state index is -0.401. The largest absolute Gasteiger partial charge is 0.390 e. The fraction of sp³-hybridized carbons (Fsp3) is 1.00. The molecule has 0 aromatic rings. The van der Waals surface area contributed by atoms with E-state index in [1.54, 1.807) is 7.11 Å².